The van der Waals surface area contributed by atoms with Gasteiger partial charge in [-0.2, -0.15) is 13.2 Å². The number of carboxylic acids is 1. The van der Waals surface area contributed by atoms with E-state index >= 15 is 0 Å². The van der Waals surface area contributed by atoms with Crippen LogP contribution in [0.3, 0.4) is 0 Å². The molecule has 1 heterocycles. The minimum absolute atomic E-state index is 0.0533. The summed E-state index contributed by atoms with van der Waals surface area (Å²) in [5, 5.41) is 8.96. The van der Waals surface area contributed by atoms with Crippen molar-refractivity contribution in [1.82, 2.24) is 4.98 Å². The van der Waals surface area contributed by atoms with Crippen molar-refractivity contribution >= 4 is 21.9 Å². The maximum Gasteiger partial charge on any atom is 0.416 e. The van der Waals surface area contributed by atoms with Gasteiger partial charge >= 0.3 is 12.1 Å². The van der Waals surface area contributed by atoms with Crippen molar-refractivity contribution in [3.63, 3.8) is 0 Å². The number of rotatable bonds is 3. The van der Waals surface area contributed by atoms with Crippen molar-refractivity contribution in [3.05, 3.63) is 52.3 Å². The molecule has 4 nitrogen and oxygen atoms in total. The molecule has 1 N–H and O–H groups in total. The lowest BCUT2D eigenvalue weighted by Crippen LogP contribution is -2.05. The van der Waals surface area contributed by atoms with Crippen molar-refractivity contribution in [2.75, 3.05) is 0 Å². The third-order valence-electron chi connectivity index (χ3n) is 2.45. The molecule has 0 saturated carbocycles. The minimum atomic E-state index is -4.47. The van der Waals surface area contributed by atoms with Crippen molar-refractivity contribution in [3.8, 4) is 11.5 Å². The summed E-state index contributed by atoms with van der Waals surface area (Å²) < 4.78 is 43.0. The Hall–Kier alpha value is -2.09. The summed E-state index contributed by atoms with van der Waals surface area (Å²) in [7, 11) is 0. The summed E-state index contributed by atoms with van der Waals surface area (Å²) in [5.74, 6) is -1.31. The quantitative estimate of drug-likeness (QED) is 0.882. The third-order valence-corrected chi connectivity index (χ3v) is 3.07. The molecule has 0 aliphatic carbocycles. The van der Waals surface area contributed by atoms with Gasteiger partial charge in [0.05, 0.1) is 10.0 Å². The topological polar surface area (TPSA) is 59.4 Å². The average Bonchev–Trinajstić information content (AvgIpc) is 2.40. The minimum Gasteiger partial charge on any atom is -0.476 e. The lowest BCUT2D eigenvalue weighted by atomic mass is 10.2. The summed E-state index contributed by atoms with van der Waals surface area (Å²) >= 11 is 2.97. The van der Waals surface area contributed by atoms with Gasteiger partial charge < -0.3 is 9.84 Å². The SMILES string of the molecule is O=C(O)c1ncccc1Oc1ccc(C(F)(F)F)cc1Br. The van der Waals surface area contributed by atoms with Gasteiger partial charge in [-0.05, 0) is 46.3 Å². The number of carbonyl (C=O) groups is 1. The number of nitrogens with zero attached hydrogens (tertiary/aromatic N) is 1. The molecule has 0 amide bonds. The molecule has 1 aromatic carbocycles. The molecule has 0 spiro atoms. The number of ether oxygens (including phenoxy) is 1. The molecule has 110 valence electrons. The summed E-state index contributed by atoms with van der Waals surface area (Å²) in [6.07, 6.45) is -3.19. The summed E-state index contributed by atoms with van der Waals surface area (Å²) in [6.45, 7) is 0. The first-order valence-electron chi connectivity index (χ1n) is 5.52. The molecular weight excluding hydrogens is 355 g/mol. The van der Waals surface area contributed by atoms with Gasteiger partial charge in [0.25, 0.3) is 0 Å². The molecule has 0 radical (unpaired) electrons. The average molecular weight is 362 g/mol. The number of carboxylic acid groups (broad SMARTS) is 1. The van der Waals surface area contributed by atoms with Gasteiger partial charge in [0.1, 0.15) is 5.75 Å². The van der Waals surface area contributed by atoms with Gasteiger partial charge in [0.15, 0.2) is 11.4 Å². The van der Waals surface area contributed by atoms with Crippen molar-refractivity contribution in [2.24, 2.45) is 0 Å². The smallest absolute Gasteiger partial charge is 0.416 e. The standard InChI is InChI=1S/C13H7BrF3NO3/c14-8-6-7(13(15,16)17)3-4-9(8)21-10-2-1-5-18-11(10)12(19)20/h1-6H,(H,19,20). The Morgan fingerprint density at radius 2 is 1.95 bits per heavy atom. The third kappa shape index (κ3) is 3.52. The largest absolute Gasteiger partial charge is 0.476 e. The lowest BCUT2D eigenvalue weighted by molar-refractivity contribution is -0.137. The zero-order valence-corrected chi connectivity index (χ0v) is 11.8. The van der Waals surface area contributed by atoms with Crippen molar-refractivity contribution < 1.29 is 27.8 Å². The summed E-state index contributed by atoms with van der Waals surface area (Å²) in [4.78, 5) is 14.6. The van der Waals surface area contributed by atoms with Crippen LogP contribution in [0, 0.1) is 0 Å². The van der Waals surface area contributed by atoms with Gasteiger partial charge in [-0.3, -0.25) is 0 Å². The summed E-state index contributed by atoms with van der Waals surface area (Å²) in [6, 6.07) is 5.62. The van der Waals surface area contributed by atoms with E-state index in [4.69, 9.17) is 9.84 Å². The molecule has 0 aliphatic heterocycles. The van der Waals surface area contributed by atoms with Crippen LogP contribution >= 0.6 is 15.9 Å². The zero-order chi connectivity index (χ0) is 15.6. The Morgan fingerprint density at radius 1 is 1.24 bits per heavy atom. The number of hydrogen-bond donors (Lipinski definition) is 1. The van der Waals surface area contributed by atoms with Crippen LogP contribution in [0.15, 0.2) is 41.0 Å². The molecule has 8 heteroatoms. The van der Waals surface area contributed by atoms with E-state index in [1.54, 1.807) is 0 Å². The van der Waals surface area contributed by atoms with E-state index in [0.29, 0.717) is 0 Å². The van der Waals surface area contributed by atoms with E-state index in [0.717, 1.165) is 18.2 Å². The highest BCUT2D eigenvalue weighted by molar-refractivity contribution is 9.10. The predicted molar refractivity (Wildman–Crippen MR) is 70.4 cm³/mol. The Morgan fingerprint density at radius 3 is 2.52 bits per heavy atom. The Balaban J connectivity index is 2.35. The highest BCUT2D eigenvalue weighted by atomic mass is 79.9. The van der Waals surface area contributed by atoms with E-state index in [9.17, 15) is 18.0 Å². The van der Waals surface area contributed by atoms with Gasteiger partial charge in [-0.1, -0.05) is 0 Å². The number of halogens is 4. The monoisotopic (exact) mass is 361 g/mol. The second kappa shape index (κ2) is 5.72. The molecule has 21 heavy (non-hydrogen) atoms. The van der Waals surface area contributed by atoms with Gasteiger partial charge in [0.2, 0.25) is 0 Å². The first kappa shape index (κ1) is 15.3. The van der Waals surface area contributed by atoms with Crippen LogP contribution in [0.2, 0.25) is 0 Å². The summed E-state index contributed by atoms with van der Waals surface area (Å²) in [5.41, 5.74) is -1.17. The van der Waals surface area contributed by atoms with Crippen LogP contribution in [-0.4, -0.2) is 16.1 Å². The predicted octanol–water partition coefficient (Wildman–Crippen LogP) is 4.35. The second-order valence-corrected chi connectivity index (χ2v) is 4.75. The number of aromatic carboxylic acids is 1. The number of aromatic nitrogens is 1. The highest BCUT2D eigenvalue weighted by Gasteiger charge is 2.31. The molecule has 2 rings (SSSR count). The molecule has 0 saturated heterocycles. The van der Waals surface area contributed by atoms with E-state index in [1.807, 2.05) is 0 Å². The molecule has 0 atom stereocenters. The number of pyridine rings is 1. The number of alkyl halides is 3. The molecule has 2 aromatic rings. The highest BCUT2D eigenvalue weighted by Crippen LogP contribution is 2.36. The van der Waals surface area contributed by atoms with Crippen LogP contribution in [-0.2, 0) is 6.18 Å². The fraction of sp³-hybridized carbons (Fsp3) is 0.0769. The van der Waals surface area contributed by atoms with Crippen molar-refractivity contribution in [1.29, 1.82) is 0 Å². The Labute approximate surface area is 125 Å². The fourth-order valence-corrected chi connectivity index (χ4v) is 1.97. The lowest BCUT2D eigenvalue weighted by Gasteiger charge is -2.12. The number of benzene rings is 1. The fourth-order valence-electron chi connectivity index (χ4n) is 1.51. The zero-order valence-electron chi connectivity index (χ0n) is 10.2. The van der Waals surface area contributed by atoms with Crippen LogP contribution < -0.4 is 4.74 Å². The van der Waals surface area contributed by atoms with Gasteiger partial charge in [-0.15, -0.1) is 0 Å². The van der Waals surface area contributed by atoms with E-state index < -0.39 is 17.7 Å². The Bertz CT molecular complexity index is 689. The maximum absolute atomic E-state index is 12.5. The molecule has 0 fully saturated rings. The second-order valence-electron chi connectivity index (χ2n) is 3.90. The van der Waals surface area contributed by atoms with Crippen LogP contribution in [0.1, 0.15) is 16.1 Å². The first-order valence-corrected chi connectivity index (χ1v) is 6.31. The normalized spacial score (nSPS) is 11.2. The van der Waals surface area contributed by atoms with Crippen molar-refractivity contribution in [2.45, 2.75) is 6.18 Å². The molecule has 0 aliphatic rings. The Kier molecular flexibility index (Phi) is 4.17. The van der Waals surface area contributed by atoms with E-state index in [1.165, 1.54) is 18.3 Å². The van der Waals surface area contributed by atoms with Gasteiger partial charge in [0, 0.05) is 6.20 Å². The number of hydrogen-bond acceptors (Lipinski definition) is 3. The van der Waals surface area contributed by atoms with Crippen LogP contribution in [0.5, 0.6) is 11.5 Å². The van der Waals surface area contributed by atoms with Gasteiger partial charge in [-0.25, -0.2) is 9.78 Å². The molecule has 0 bridgehead atoms. The van der Waals surface area contributed by atoms with Crippen LogP contribution in [0.4, 0.5) is 13.2 Å². The van der Waals surface area contributed by atoms with Crippen LogP contribution in [0.25, 0.3) is 0 Å². The maximum atomic E-state index is 12.5. The first-order chi connectivity index (χ1) is 9.79. The molecular formula is C13H7BrF3NO3. The molecule has 0 unspecified atom stereocenters. The molecule has 1 aromatic heterocycles. The van der Waals surface area contributed by atoms with E-state index in [-0.39, 0.29) is 21.7 Å². The van der Waals surface area contributed by atoms with E-state index in [2.05, 4.69) is 20.9 Å².